The first-order valence-corrected chi connectivity index (χ1v) is 5.15. The number of anilines is 1. The van der Waals surface area contributed by atoms with Crippen LogP contribution in [0.1, 0.15) is 0 Å². The summed E-state index contributed by atoms with van der Waals surface area (Å²) in [5, 5.41) is -0.0649. The van der Waals surface area contributed by atoms with Crippen LogP contribution in [0.25, 0.3) is 0 Å². The summed E-state index contributed by atoms with van der Waals surface area (Å²) in [4.78, 5) is 6.65. The lowest BCUT2D eigenvalue weighted by molar-refractivity contribution is -0.0429. The van der Waals surface area contributed by atoms with Crippen LogP contribution < -0.4 is 4.72 Å². The molecule has 84 valence electrons. The van der Waals surface area contributed by atoms with Crippen LogP contribution in [0.2, 0.25) is 5.15 Å². The molecule has 0 spiro atoms. The van der Waals surface area contributed by atoms with Gasteiger partial charge >= 0.3 is 15.5 Å². The van der Waals surface area contributed by atoms with Crippen molar-refractivity contribution in [3.05, 3.63) is 17.5 Å². The van der Waals surface area contributed by atoms with Gasteiger partial charge in [0.25, 0.3) is 0 Å². The fourth-order valence-electron chi connectivity index (χ4n) is 0.561. The minimum Gasteiger partial charge on any atom is -0.258 e. The fourth-order valence-corrected chi connectivity index (χ4v) is 1.15. The number of sulfonamides is 1. The molecule has 0 saturated heterocycles. The highest BCUT2D eigenvalue weighted by molar-refractivity contribution is 7.93. The van der Waals surface area contributed by atoms with Crippen LogP contribution in [0.4, 0.5) is 19.0 Å². The third-order valence-corrected chi connectivity index (χ3v) is 2.45. The molecule has 1 N–H and O–H groups in total. The molecule has 5 nitrogen and oxygen atoms in total. The van der Waals surface area contributed by atoms with Crippen LogP contribution in [0, 0.1) is 0 Å². The first kappa shape index (κ1) is 12.0. The minimum absolute atomic E-state index is 0.0649. The Hall–Kier alpha value is -1.09. The van der Waals surface area contributed by atoms with E-state index in [2.05, 4.69) is 9.97 Å². The largest absolute Gasteiger partial charge is 0.516 e. The van der Waals surface area contributed by atoms with Gasteiger partial charge in [-0.25, -0.2) is 9.97 Å². The van der Waals surface area contributed by atoms with Crippen molar-refractivity contribution in [2.45, 2.75) is 5.51 Å². The van der Waals surface area contributed by atoms with Crippen molar-refractivity contribution in [3.8, 4) is 0 Å². The van der Waals surface area contributed by atoms with E-state index in [0.717, 1.165) is 12.4 Å². The van der Waals surface area contributed by atoms with E-state index in [1.165, 1.54) is 4.72 Å². The van der Waals surface area contributed by atoms with Gasteiger partial charge in [0.1, 0.15) is 5.15 Å². The molecule has 0 aliphatic heterocycles. The molecule has 0 amide bonds. The van der Waals surface area contributed by atoms with Crippen LogP contribution in [-0.2, 0) is 10.0 Å². The predicted molar refractivity (Wildman–Crippen MR) is 45.6 cm³/mol. The molecule has 0 unspecified atom stereocenters. The molecule has 1 aromatic rings. The molecule has 1 rings (SSSR count). The van der Waals surface area contributed by atoms with Gasteiger partial charge in [0.15, 0.2) is 5.82 Å². The Morgan fingerprint density at radius 2 is 1.87 bits per heavy atom. The van der Waals surface area contributed by atoms with E-state index in [-0.39, 0.29) is 5.15 Å². The first-order chi connectivity index (χ1) is 6.72. The van der Waals surface area contributed by atoms with Gasteiger partial charge in [-0.05, 0) is 0 Å². The summed E-state index contributed by atoms with van der Waals surface area (Å²) in [5.74, 6) is -0.559. The van der Waals surface area contributed by atoms with Crippen molar-refractivity contribution in [2.75, 3.05) is 4.72 Å². The summed E-state index contributed by atoms with van der Waals surface area (Å²) < 4.78 is 58.0. The summed E-state index contributed by atoms with van der Waals surface area (Å²) in [5.41, 5.74) is -5.39. The molecule has 1 heterocycles. The molecule has 15 heavy (non-hydrogen) atoms. The van der Waals surface area contributed by atoms with Crippen LogP contribution >= 0.6 is 11.6 Å². The maximum absolute atomic E-state index is 11.9. The van der Waals surface area contributed by atoms with Crippen molar-refractivity contribution in [2.24, 2.45) is 0 Å². The van der Waals surface area contributed by atoms with E-state index in [1.807, 2.05) is 0 Å². The molecule has 0 aliphatic carbocycles. The molecule has 1 aromatic heterocycles. The SMILES string of the molecule is O=S(=O)(Nc1cnc(Cl)cn1)C(F)(F)F. The Morgan fingerprint density at radius 3 is 2.27 bits per heavy atom. The lowest BCUT2D eigenvalue weighted by atomic mass is 10.7. The Kier molecular flexibility index (Phi) is 3.05. The monoisotopic (exact) mass is 261 g/mol. The zero-order valence-electron chi connectivity index (χ0n) is 6.79. The van der Waals surface area contributed by atoms with E-state index < -0.39 is 21.3 Å². The van der Waals surface area contributed by atoms with Gasteiger partial charge in [0.2, 0.25) is 0 Å². The zero-order valence-corrected chi connectivity index (χ0v) is 8.36. The molecule has 0 aliphatic rings. The summed E-state index contributed by atoms with van der Waals surface area (Å²) in [6.45, 7) is 0. The molecular weight excluding hydrogens is 259 g/mol. The second-order valence-electron chi connectivity index (χ2n) is 2.28. The van der Waals surface area contributed by atoms with Gasteiger partial charge in [-0.1, -0.05) is 11.6 Å². The zero-order chi connectivity index (χ0) is 11.7. The fraction of sp³-hybridized carbons (Fsp3) is 0.200. The third-order valence-electron chi connectivity index (χ3n) is 1.16. The quantitative estimate of drug-likeness (QED) is 0.873. The first-order valence-electron chi connectivity index (χ1n) is 3.29. The standard InChI is InChI=1S/C5H3ClF3N3O2S/c6-3-1-11-4(2-10-3)12-15(13,14)5(7,8)9/h1-2H,(H,11,12). The van der Waals surface area contributed by atoms with Crippen LogP contribution in [-0.4, -0.2) is 23.9 Å². The third kappa shape index (κ3) is 2.93. The summed E-state index contributed by atoms with van der Waals surface area (Å²) in [6.07, 6.45) is 1.68. The second kappa shape index (κ2) is 3.81. The molecule has 0 bridgehead atoms. The molecule has 0 aromatic carbocycles. The lowest BCUT2D eigenvalue weighted by Gasteiger charge is -2.08. The number of hydrogen-bond acceptors (Lipinski definition) is 4. The normalized spacial score (nSPS) is 12.5. The Morgan fingerprint density at radius 1 is 1.27 bits per heavy atom. The average Bonchev–Trinajstić information content (AvgIpc) is 2.06. The van der Waals surface area contributed by atoms with Crippen LogP contribution in [0.5, 0.6) is 0 Å². The predicted octanol–water partition coefficient (Wildman–Crippen LogP) is 1.39. The topological polar surface area (TPSA) is 72.0 Å². The molecule has 10 heteroatoms. The van der Waals surface area contributed by atoms with Gasteiger partial charge in [-0.3, -0.25) is 4.72 Å². The number of aromatic nitrogens is 2. The molecule has 0 saturated carbocycles. The number of halogens is 4. The molecule has 0 atom stereocenters. The molecule has 0 radical (unpaired) electrons. The number of rotatable bonds is 2. The van der Waals surface area contributed by atoms with Gasteiger partial charge < -0.3 is 0 Å². The van der Waals surface area contributed by atoms with Crippen molar-refractivity contribution < 1.29 is 21.6 Å². The highest BCUT2D eigenvalue weighted by atomic mass is 35.5. The highest BCUT2D eigenvalue weighted by Crippen LogP contribution is 2.24. The molecule has 0 fully saturated rings. The Balaban J connectivity index is 2.93. The number of hydrogen-bond donors (Lipinski definition) is 1. The summed E-state index contributed by atoms with van der Waals surface area (Å²) in [7, 11) is -5.46. The van der Waals surface area contributed by atoms with E-state index in [1.54, 1.807) is 0 Å². The number of nitrogens with zero attached hydrogens (tertiary/aromatic N) is 2. The second-order valence-corrected chi connectivity index (χ2v) is 4.34. The number of alkyl halides is 3. The van der Waals surface area contributed by atoms with Gasteiger partial charge in [-0.2, -0.15) is 21.6 Å². The smallest absolute Gasteiger partial charge is 0.258 e. The Labute approximate surface area is 87.3 Å². The maximum atomic E-state index is 11.9. The van der Waals surface area contributed by atoms with Crippen LogP contribution in [0.15, 0.2) is 12.4 Å². The molecular formula is C5H3ClF3N3O2S. The van der Waals surface area contributed by atoms with Crippen molar-refractivity contribution in [3.63, 3.8) is 0 Å². The summed E-state index contributed by atoms with van der Waals surface area (Å²) in [6, 6.07) is 0. The minimum atomic E-state index is -5.46. The van der Waals surface area contributed by atoms with Gasteiger partial charge in [0, 0.05) is 0 Å². The average molecular weight is 262 g/mol. The van der Waals surface area contributed by atoms with E-state index in [0.29, 0.717) is 0 Å². The highest BCUT2D eigenvalue weighted by Gasteiger charge is 2.46. The van der Waals surface area contributed by atoms with Crippen molar-refractivity contribution in [1.82, 2.24) is 9.97 Å². The van der Waals surface area contributed by atoms with Gasteiger partial charge in [-0.15, -0.1) is 0 Å². The number of nitrogens with one attached hydrogen (secondary N) is 1. The Bertz CT molecular complexity index is 444. The lowest BCUT2D eigenvalue weighted by Crippen LogP contribution is -2.30. The summed E-state index contributed by atoms with van der Waals surface area (Å²) >= 11 is 5.30. The van der Waals surface area contributed by atoms with Crippen molar-refractivity contribution in [1.29, 1.82) is 0 Å². The maximum Gasteiger partial charge on any atom is 0.516 e. The van der Waals surface area contributed by atoms with Crippen molar-refractivity contribution >= 4 is 27.4 Å². The van der Waals surface area contributed by atoms with E-state index >= 15 is 0 Å². The van der Waals surface area contributed by atoms with Gasteiger partial charge in [0.05, 0.1) is 12.4 Å². The van der Waals surface area contributed by atoms with E-state index in [9.17, 15) is 21.6 Å². The van der Waals surface area contributed by atoms with E-state index in [4.69, 9.17) is 11.6 Å². The van der Waals surface area contributed by atoms with Crippen LogP contribution in [0.3, 0.4) is 0 Å².